The zero-order valence-electron chi connectivity index (χ0n) is 11.3. The van der Waals surface area contributed by atoms with E-state index in [4.69, 9.17) is 0 Å². The monoisotopic (exact) mass is 252 g/mol. The topological polar surface area (TPSA) is 33.2 Å². The fraction of sp³-hybridized carbons (Fsp3) is 0.571. The number of hydrogen-bond acceptors (Lipinski definition) is 3. The summed E-state index contributed by atoms with van der Waals surface area (Å²) in [6.07, 6.45) is 3.76. The Hall–Kier alpha value is -1.29. The van der Waals surface area contributed by atoms with E-state index in [2.05, 4.69) is 23.7 Å². The average molecular weight is 252 g/mol. The van der Waals surface area contributed by atoms with Gasteiger partial charge >= 0.3 is 0 Å². The summed E-state index contributed by atoms with van der Waals surface area (Å²) in [6, 6.07) is 3.18. The van der Waals surface area contributed by atoms with Gasteiger partial charge in [0.25, 0.3) is 0 Å². The van der Waals surface area contributed by atoms with E-state index in [0.717, 1.165) is 19.0 Å². The molecule has 18 heavy (non-hydrogen) atoms. The number of Topliss-reactive ketones (excluding diaryl/α,β-unsaturated/α-hetero) is 1. The number of ketones is 1. The lowest BCUT2D eigenvalue weighted by molar-refractivity contribution is 0.0956. The summed E-state index contributed by atoms with van der Waals surface area (Å²) in [5, 5.41) is 0. The van der Waals surface area contributed by atoms with Crippen molar-refractivity contribution >= 4 is 5.78 Å². The molecule has 1 heterocycles. The summed E-state index contributed by atoms with van der Waals surface area (Å²) in [5.41, 5.74) is 0.341. The summed E-state index contributed by atoms with van der Waals surface area (Å²) in [4.78, 5) is 17.8. The largest absolute Gasteiger partial charge is 0.303 e. The van der Waals surface area contributed by atoms with Gasteiger partial charge in [-0.05, 0) is 32.5 Å². The van der Waals surface area contributed by atoms with Crippen LogP contribution in [0.4, 0.5) is 4.39 Å². The molecule has 100 valence electrons. The van der Waals surface area contributed by atoms with E-state index in [0.29, 0.717) is 24.7 Å². The minimum absolute atomic E-state index is 0.0365. The van der Waals surface area contributed by atoms with Crippen molar-refractivity contribution in [3.63, 3.8) is 0 Å². The number of nitrogens with zero attached hydrogens (tertiary/aromatic N) is 2. The van der Waals surface area contributed by atoms with Crippen molar-refractivity contribution in [1.82, 2.24) is 9.88 Å². The van der Waals surface area contributed by atoms with E-state index in [1.54, 1.807) is 0 Å². The molecule has 0 aliphatic carbocycles. The van der Waals surface area contributed by atoms with Crippen LogP contribution in [0.5, 0.6) is 0 Å². The fourth-order valence-corrected chi connectivity index (χ4v) is 1.81. The third-order valence-corrected chi connectivity index (χ3v) is 3.16. The maximum atomic E-state index is 12.7. The number of aromatic nitrogens is 1. The first kappa shape index (κ1) is 14.8. The average Bonchev–Trinajstić information content (AvgIpc) is 2.36. The van der Waals surface area contributed by atoms with Crippen LogP contribution < -0.4 is 0 Å². The van der Waals surface area contributed by atoms with Crippen molar-refractivity contribution in [1.29, 1.82) is 0 Å². The Morgan fingerprint density at radius 2 is 2.22 bits per heavy atom. The van der Waals surface area contributed by atoms with Gasteiger partial charge in [-0.2, -0.15) is 0 Å². The van der Waals surface area contributed by atoms with Crippen LogP contribution >= 0.6 is 0 Å². The van der Waals surface area contributed by atoms with Crippen molar-refractivity contribution in [3.8, 4) is 0 Å². The summed E-state index contributed by atoms with van der Waals surface area (Å²) >= 11 is 0. The third kappa shape index (κ3) is 4.53. The fourth-order valence-electron chi connectivity index (χ4n) is 1.81. The molecule has 0 radical (unpaired) electrons. The highest BCUT2D eigenvalue weighted by molar-refractivity contribution is 5.94. The van der Waals surface area contributed by atoms with Crippen LogP contribution in [-0.2, 0) is 0 Å². The maximum absolute atomic E-state index is 12.7. The van der Waals surface area contributed by atoms with E-state index >= 15 is 0 Å². The molecule has 0 N–H and O–H groups in total. The van der Waals surface area contributed by atoms with Gasteiger partial charge in [0.1, 0.15) is 11.5 Å². The number of carbonyl (C=O) groups excluding carboxylic acids is 1. The lowest BCUT2D eigenvalue weighted by Gasteiger charge is -2.23. The van der Waals surface area contributed by atoms with E-state index < -0.39 is 5.82 Å². The van der Waals surface area contributed by atoms with Gasteiger partial charge in [0.05, 0.1) is 6.20 Å². The number of carbonyl (C=O) groups is 1. The van der Waals surface area contributed by atoms with Crippen molar-refractivity contribution in [2.45, 2.75) is 39.2 Å². The normalized spacial score (nSPS) is 12.7. The van der Waals surface area contributed by atoms with Gasteiger partial charge in [-0.25, -0.2) is 4.39 Å². The molecule has 1 aromatic rings. The van der Waals surface area contributed by atoms with Gasteiger partial charge in [0, 0.05) is 19.0 Å². The van der Waals surface area contributed by atoms with E-state index in [-0.39, 0.29) is 5.78 Å². The van der Waals surface area contributed by atoms with Crippen LogP contribution in [-0.4, -0.2) is 35.3 Å². The Kier molecular flexibility index (Phi) is 5.92. The van der Waals surface area contributed by atoms with Gasteiger partial charge in [0.2, 0.25) is 0 Å². The van der Waals surface area contributed by atoms with Gasteiger partial charge in [0.15, 0.2) is 5.78 Å². The Morgan fingerprint density at radius 1 is 1.50 bits per heavy atom. The highest BCUT2D eigenvalue weighted by Crippen LogP contribution is 2.07. The smallest absolute Gasteiger partial charge is 0.182 e. The molecule has 0 fully saturated rings. The van der Waals surface area contributed by atoms with Crippen LogP contribution in [0, 0.1) is 5.82 Å². The molecule has 0 aliphatic heterocycles. The molecular formula is C14H21FN2O. The van der Waals surface area contributed by atoms with Crippen molar-refractivity contribution < 1.29 is 9.18 Å². The van der Waals surface area contributed by atoms with Crippen molar-refractivity contribution in [3.05, 3.63) is 29.8 Å². The minimum Gasteiger partial charge on any atom is -0.303 e. The Labute approximate surface area is 108 Å². The number of pyridine rings is 1. The third-order valence-electron chi connectivity index (χ3n) is 3.16. The molecule has 0 amide bonds. The molecule has 0 saturated carbocycles. The second-order valence-corrected chi connectivity index (χ2v) is 4.65. The van der Waals surface area contributed by atoms with E-state index in [1.807, 2.05) is 7.05 Å². The molecule has 0 aromatic carbocycles. The van der Waals surface area contributed by atoms with Crippen LogP contribution in [0.2, 0.25) is 0 Å². The molecule has 1 unspecified atom stereocenters. The standard InChI is InChI=1S/C14H21FN2O/c1-4-5-11(2)17(3)9-8-14(18)13-7-6-12(15)10-16-13/h6-7,10-11H,4-5,8-9H2,1-3H3. The Bertz CT molecular complexity index is 378. The molecule has 0 spiro atoms. The Morgan fingerprint density at radius 3 is 2.78 bits per heavy atom. The summed E-state index contributed by atoms with van der Waals surface area (Å²) in [7, 11) is 2.02. The summed E-state index contributed by atoms with van der Waals surface area (Å²) in [6.45, 7) is 5.01. The molecule has 1 atom stereocenters. The van der Waals surface area contributed by atoms with Gasteiger partial charge in [-0.1, -0.05) is 13.3 Å². The lowest BCUT2D eigenvalue weighted by atomic mass is 10.1. The molecule has 0 aliphatic rings. The predicted molar refractivity (Wildman–Crippen MR) is 70.1 cm³/mol. The second kappa shape index (κ2) is 7.21. The molecule has 0 bridgehead atoms. The molecule has 4 heteroatoms. The Balaban J connectivity index is 2.43. The molecule has 1 rings (SSSR count). The van der Waals surface area contributed by atoms with Gasteiger partial charge < -0.3 is 4.90 Å². The zero-order chi connectivity index (χ0) is 13.5. The predicted octanol–water partition coefficient (Wildman–Crippen LogP) is 2.91. The van der Waals surface area contributed by atoms with Crippen LogP contribution in [0.25, 0.3) is 0 Å². The quantitative estimate of drug-likeness (QED) is 0.700. The molecular weight excluding hydrogens is 231 g/mol. The second-order valence-electron chi connectivity index (χ2n) is 4.65. The molecule has 1 aromatic heterocycles. The van der Waals surface area contributed by atoms with Crippen LogP contribution in [0.3, 0.4) is 0 Å². The first-order chi connectivity index (χ1) is 8.54. The molecule has 0 saturated heterocycles. The highest BCUT2D eigenvalue weighted by atomic mass is 19.1. The lowest BCUT2D eigenvalue weighted by Crippen LogP contribution is -2.31. The van der Waals surface area contributed by atoms with E-state index in [1.165, 1.54) is 12.1 Å². The summed E-state index contributed by atoms with van der Waals surface area (Å²) in [5.74, 6) is -0.453. The number of rotatable bonds is 7. The highest BCUT2D eigenvalue weighted by Gasteiger charge is 2.12. The van der Waals surface area contributed by atoms with Crippen LogP contribution in [0.1, 0.15) is 43.6 Å². The number of hydrogen-bond donors (Lipinski definition) is 0. The van der Waals surface area contributed by atoms with Crippen molar-refractivity contribution in [2.24, 2.45) is 0 Å². The number of halogens is 1. The first-order valence-corrected chi connectivity index (χ1v) is 6.39. The van der Waals surface area contributed by atoms with E-state index in [9.17, 15) is 9.18 Å². The first-order valence-electron chi connectivity index (χ1n) is 6.39. The van der Waals surface area contributed by atoms with Crippen molar-refractivity contribution in [2.75, 3.05) is 13.6 Å². The zero-order valence-corrected chi connectivity index (χ0v) is 11.3. The maximum Gasteiger partial charge on any atom is 0.182 e. The SMILES string of the molecule is CCCC(C)N(C)CCC(=O)c1ccc(F)cn1. The van der Waals surface area contributed by atoms with Gasteiger partial charge in [-0.15, -0.1) is 0 Å². The summed E-state index contributed by atoms with van der Waals surface area (Å²) < 4.78 is 12.7. The van der Waals surface area contributed by atoms with Crippen LogP contribution in [0.15, 0.2) is 18.3 Å². The minimum atomic E-state index is -0.416. The van der Waals surface area contributed by atoms with Gasteiger partial charge in [-0.3, -0.25) is 9.78 Å². The molecule has 3 nitrogen and oxygen atoms in total.